The van der Waals surface area contributed by atoms with Gasteiger partial charge >= 0.3 is 6.18 Å². The Hall–Kier alpha value is -1.76. The summed E-state index contributed by atoms with van der Waals surface area (Å²) in [6, 6.07) is 4.44. The van der Waals surface area contributed by atoms with Crippen LogP contribution in [0.25, 0.3) is 0 Å². The Balaban J connectivity index is 2.04. The zero-order valence-electron chi connectivity index (χ0n) is 12.2. The summed E-state index contributed by atoms with van der Waals surface area (Å²) in [5, 5.41) is 9.28. The van der Waals surface area contributed by atoms with Gasteiger partial charge in [0, 0.05) is 6.07 Å². The lowest BCUT2D eigenvalue weighted by atomic mass is 9.93. The Labute approximate surface area is 125 Å². The van der Waals surface area contributed by atoms with Crippen LogP contribution >= 0.6 is 0 Å². The molecule has 1 heterocycles. The van der Waals surface area contributed by atoms with Gasteiger partial charge in [-0.25, -0.2) is 0 Å². The van der Waals surface area contributed by atoms with Crippen LogP contribution in [-0.4, -0.2) is 35.4 Å². The predicted molar refractivity (Wildman–Crippen MR) is 72.3 cm³/mol. The van der Waals surface area contributed by atoms with Crippen LogP contribution in [0.15, 0.2) is 18.2 Å². The van der Waals surface area contributed by atoms with E-state index in [1.54, 1.807) is 13.8 Å². The van der Waals surface area contributed by atoms with Crippen molar-refractivity contribution in [2.45, 2.75) is 44.6 Å². The average Bonchev–Trinajstić information content (AvgIpc) is 2.32. The molecule has 0 saturated heterocycles. The van der Waals surface area contributed by atoms with Gasteiger partial charge < -0.3 is 14.6 Å². The first kappa shape index (κ1) is 16.6. The highest BCUT2D eigenvalue weighted by atomic mass is 19.4. The Morgan fingerprint density at radius 1 is 1.41 bits per heavy atom. The fourth-order valence-electron chi connectivity index (χ4n) is 2.24. The molecule has 122 valence electrons. The van der Waals surface area contributed by atoms with Gasteiger partial charge in [-0.2, -0.15) is 13.2 Å². The molecule has 7 heteroatoms. The van der Waals surface area contributed by atoms with E-state index < -0.39 is 30.9 Å². The second-order valence-corrected chi connectivity index (χ2v) is 5.90. The Morgan fingerprint density at radius 3 is 2.73 bits per heavy atom. The highest BCUT2D eigenvalue weighted by molar-refractivity contribution is 6.00. The minimum atomic E-state index is -4.45. The zero-order chi connectivity index (χ0) is 16.5. The molecule has 0 aromatic heterocycles. The van der Waals surface area contributed by atoms with Crippen molar-refractivity contribution in [3.05, 3.63) is 23.8 Å². The highest BCUT2D eigenvalue weighted by Gasteiger charge is 2.33. The summed E-state index contributed by atoms with van der Waals surface area (Å²) in [4.78, 5) is 11.9. The lowest BCUT2D eigenvalue weighted by molar-refractivity contribution is -0.156. The monoisotopic (exact) mass is 318 g/mol. The Bertz CT molecular complexity index is 566. The summed E-state index contributed by atoms with van der Waals surface area (Å²) in [5.74, 6) is 0.518. The normalized spacial score (nSPS) is 18.4. The van der Waals surface area contributed by atoms with Crippen molar-refractivity contribution in [2.75, 3.05) is 6.61 Å². The molecule has 0 fully saturated rings. The van der Waals surface area contributed by atoms with E-state index >= 15 is 0 Å². The van der Waals surface area contributed by atoms with E-state index in [0.29, 0.717) is 11.3 Å². The van der Waals surface area contributed by atoms with Crippen LogP contribution in [0.2, 0.25) is 0 Å². The van der Waals surface area contributed by atoms with Gasteiger partial charge in [-0.3, -0.25) is 4.79 Å². The number of alkyl halides is 3. The third-order valence-electron chi connectivity index (χ3n) is 3.14. The molecule has 0 radical (unpaired) electrons. The number of Topliss-reactive ketones (excluding diaryl/α,β-unsaturated/α-hetero) is 1. The van der Waals surface area contributed by atoms with Gasteiger partial charge in [-0.1, -0.05) is 0 Å². The standard InChI is InChI=1S/C15H17F3O4/c1-14(2)7-12(20)11-4-3-10(5-13(11)22-14)21-8-9(19)6-15(16,17)18/h3-5,9,19H,6-8H2,1-2H3/t9-/m0/s1. The maximum Gasteiger partial charge on any atom is 0.391 e. The molecule has 2 rings (SSSR count). The molecule has 22 heavy (non-hydrogen) atoms. The summed E-state index contributed by atoms with van der Waals surface area (Å²) in [7, 11) is 0. The van der Waals surface area contributed by atoms with Gasteiger partial charge in [0.05, 0.1) is 24.5 Å². The number of carbonyl (C=O) groups is 1. The number of ether oxygens (including phenoxy) is 2. The van der Waals surface area contributed by atoms with Gasteiger partial charge in [0.2, 0.25) is 0 Å². The van der Waals surface area contributed by atoms with Crippen LogP contribution in [0.3, 0.4) is 0 Å². The molecule has 1 aromatic carbocycles. The van der Waals surface area contributed by atoms with Crippen LogP contribution in [0, 0.1) is 0 Å². The van der Waals surface area contributed by atoms with E-state index in [1.165, 1.54) is 18.2 Å². The van der Waals surface area contributed by atoms with Crippen molar-refractivity contribution in [1.82, 2.24) is 0 Å². The number of halogens is 3. The van der Waals surface area contributed by atoms with Crippen LogP contribution in [0.5, 0.6) is 11.5 Å². The maximum absolute atomic E-state index is 12.1. The molecule has 1 aliphatic rings. The predicted octanol–water partition coefficient (Wildman–Crippen LogP) is 3.12. The van der Waals surface area contributed by atoms with Gasteiger partial charge in [0.25, 0.3) is 0 Å². The largest absolute Gasteiger partial charge is 0.491 e. The van der Waals surface area contributed by atoms with E-state index in [4.69, 9.17) is 9.47 Å². The van der Waals surface area contributed by atoms with Crippen molar-refractivity contribution in [3.63, 3.8) is 0 Å². The average molecular weight is 318 g/mol. The van der Waals surface area contributed by atoms with Crippen LogP contribution in [0.4, 0.5) is 13.2 Å². The van der Waals surface area contributed by atoms with Gasteiger partial charge in [0.15, 0.2) is 5.78 Å². The summed E-state index contributed by atoms with van der Waals surface area (Å²) >= 11 is 0. The lowest BCUT2D eigenvalue weighted by Gasteiger charge is -2.31. The Morgan fingerprint density at radius 2 is 2.09 bits per heavy atom. The molecule has 0 aliphatic carbocycles. The first-order chi connectivity index (χ1) is 10.1. The number of hydrogen-bond donors (Lipinski definition) is 1. The number of carbonyl (C=O) groups excluding carboxylic acids is 1. The molecule has 1 atom stereocenters. The molecule has 0 bridgehead atoms. The topological polar surface area (TPSA) is 55.8 Å². The van der Waals surface area contributed by atoms with Gasteiger partial charge in [-0.15, -0.1) is 0 Å². The summed E-state index contributed by atoms with van der Waals surface area (Å²) in [6.45, 7) is 3.05. The fourth-order valence-corrected chi connectivity index (χ4v) is 2.24. The maximum atomic E-state index is 12.1. The molecule has 0 spiro atoms. The number of hydrogen-bond acceptors (Lipinski definition) is 4. The number of ketones is 1. The van der Waals surface area contributed by atoms with Crippen molar-refractivity contribution in [2.24, 2.45) is 0 Å². The second-order valence-electron chi connectivity index (χ2n) is 5.90. The van der Waals surface area contributed by atoms with E-state index in [2.05, 4.69) is 0 Å². The first-order valence-corrected chi connectivity index (χ1v) is 6.80. The Kier molecular flexibility index (Phi) is 4.37. The van der Waals surface area contributed by atoms with Crippen molar-refractivity contribution in [3.8, 4) is 11.5 Å². The van der Waals surface area contributed by atoms with Gasteiger partial charge in [0.1, 0.15) is 23.7 Å². The molecule has 0 unspecified atom stereocenters. The third-order valence-corrected chi connectivity index (χ3v) is 3.14. The van der Waals surface area contributed by atoms with Crippen LogP contribution in [0.1, 0.15) is 37.0 Å². The SMILES string of the molecule is CC1(C)CC(=O)c2ccc(OC[C@@H](O)CC(F)(F)F)cc2O1. The quantitative estimate of drug-likeness (QED) is 0.927. The molecule has 1 N–H and O–H groups in total. The number of aliphatic hydroxyl groups is 1. The molecule has 0 saturated carbocycles. The molecule has 0 amide bonds. The first-order valence-electron chi connectivity index (χ1n) is 6.80. The molecule has 1 aliphatic heterocycles. The number of fused-ring (bicyclic) bond motifs is 1. The molecule has 4 nitrogen and oxygen atoms in total. The van der Waals surface area contributed by atoms with Crippen LogP contribution < -0.4 is 9.47 Å². The fraction of sp³-hybridized carbons (Fsp3) is 0.533. The zero-order valence-corrected chi connectivity index (χ0v) is 12.2. The third kappa shape index (κ3) is 4.37. The lowest BCUT2D eigenvalue weighted by Crippen LogP contribution is -2.35. The summed E-state index contributed by atoms with van der Waals surface area (Å²) in [6.07, 6.45) is -7.17. The van der Waals surface area contributed by atoms with E-state index in [-0.39, 0.29) is 18.0 Å². The highest BCUT2D eigenvalue weighted by Crippen LogP contribution is 2.35. The van der Waals surface area contributed by atoms with Gasteiger partial charge in [-0.05, 0) is 26.0 Å². The minimum Gasteiger partial charge on any atom is -0.491 e. The molecule has 1 aromatic rings. The molecular formula is C15H17F3O4. The van der Waals surface area contributed by atoms with Crippen molar-refractivity contribution >= 4 is 5.78 Å². The van der Waals surface area contributed by atoms with Crippen molar-refractivity contribution in [1.29, 1.82) is 0 Å². The number of benzene rings is 1. The van der Waals surface area contributed by atoms with Crippen molar-refractivity contribution < 1.29 is 32.5 Å². The molecular weight excluding hydrogens is 301 g/mol. The van der Waals surface area contributed by atoms with E-state index in [9.17, 15) is 23.1 Å². The van der Waals surface area contributed by atoms with E-state index in [1.807, 2.05) is 0 Å². The second kappa shape index (κ2) is 5.79. The summed E-state index contributed by atoms with van der Waals surface area (Å²) in [5.41, 5.74) is -0.221. The minimum absolute atomic E-state index is 0.0603. The van der Waals surface area contributed by atoms with E-state index in [0.717, 1.165) is 0 Å². The number of rotatable bonds is 4. The smallest absolute Gasteiger partial charge is 0.391 e. The van der Waals surface area contributed by atoms with Crippen LogP contribution in [-0.2, 0) is 0 Å². The summed E-state index contributed by atoms with van der Waals surface area (Å²) < 4.78 is 47.2. The number of aliphatic hydroxyl groups excluding tert-OH is 1.